The van der Waals surface area contributed by atoms with Crippen molar-refractivity contribution >= 4 is 15.9 Å². The molecule has 5 heteroatoms. The van der Waals surface area contributed by atoms with Gasteiger partial charge in [0, 0.05) is 15.6 Å². The molecule has 1 aromatic rings. The molecule has 0 bridgehead atoms. The molecule has 4 N–H and O–H groups in total. The number of hydrogen-bond acceptors (Lipinski definition) is 3. The number of benzene rings is 1. The lowest BCUT2D eigenvalue weighted by Gasteiger charge is -2.35. The summed E-state index contributed by atoms with van der Waals surface area (Å²) in [7, 11) is 0. The number of hydrogen-bond donors (Lipinski definition) is 3. The van der Waals surface area contributed by atoms with E-state index in [1.54, 1.807) is 0 Å². The van der Waals surface area contributed by atoms with Gasteiger partial charge in [-0.25, -0.2) is 4.39 Å². The van der Waals surface area contributed by atoms with E-state index in [2.05, 4.69) is 15.9 Å². The smallest absolute Gasteiger partial charge is 0.194 e. The zero-order valence-corrected chi connectivity index (χ0v) is 10.9. The highest BCUT2D eigenvalue weighted by Crippen LogP contribution is 2.46. The molecule has 1 aliphatic carbocycles. The molecule has 17 heavy (non-hydrogen) atoms. The van der Waals surface area contributed by atoms with Gasteiger partial charge in [-0.1, -0.05) is 35.2 Å². The van der Waals surface area contributed by atoms with Crippen molar-refractivity contribution in [2.75, 3.05) is 0 Å². The van der Waals surface area contributed by atoms with Crippen LogP contribution in [-0.2, 0) is 5.54 Å². The van der Waals surface area contributed by atoms with Crippen molar-refractivity contribution < 1.29 is 14.6 Å². The first-order chi connectivity index (χ1) is 7.96. The van der Waals surface area contributed by atoms with Crippen molar-refractivity contribution in [1.82, 2.24) is 0 Å². The maximum absolute atomic E-state index is 13.2. The molecule has 1 saturated carbocycles. The van der Waals surface area contributed by atoms with Crippen LogP contribution in [-0.4, -0.2) is 10.2 Å². The van der Waals surface area contributed by atoms with Gasteiger partial charge in [0.2, 0.25) is 0 Å². The number of halogens is 2. The second kappa shape index (κ2) is 4.46. The lowest BCUT2D eigenvalue weighted by Crippen LogP contribution is -2.39. The van der Waals surface area contributed by atoms with Crippen molar-refractivity contribution in [2.45, 2.75) is 37.6 Å². The molecule has 0 saturated heterocycles. The van der Waals surface area contributed by atoms with Crippen molar-refractivity contribution in [2.24, 2.45) is 5.73 Å². The van der Waals surface area contributed by atoms with E-state index < -0.39 is 22.9 Å². The molecule has 2 rings (SSSR count). The van der Waals surface area contributed by atoms with Crippen LogP contribution in [0.2, 0.25) is 0 Å². The normalized spacial score (nSPS) is 19.2. The minimum Gasteiger partial charge on any atom is -0.504 e. The van der Waals surface area contributed by atoms with Crippen LogP contribution in [0.3, 0.4) is 0 Å². The Kier molecular flexibility index (Phi) is 3.32. The van der Waals surface area contributed by atoms with Crippen molar-refractivity contribution in [3.63, 3.8) is 0 Å². The van der Waals surface area contributed by atoms with Crippen molar-refractivity contribution in [3.05, 3.63) is 21.9 Å². The second-order valence-electron chi connectivity index (χ2n) is 4.63. The summed E-state index contributed by atoms with van der Waals surface area (Å²) < 4.78 is 13.6. The predicted molar refractivity (Wildman–Crippen MR) is 66.4 cm³/mol. The number of phenolic OH excluding ortho intramolecular Hbond substituents is 2. The lowest BCUT2D eigenvalue weighted by molar-refractivity contribution is 0.284. The van der Waals surface area contributed by atoms with E-state index in [0.29, 0.717) is 10.0 Å². The summed E-state index contributed by atoms with van der Waals surface area (Å²) in [5.41, 5.74) is 6.00. The maximum atomic E-state index is 13.2. The number of nitrogens with two attached hydrogens (primary N) is 1. The molecule has 1 aliphatic rings. The van der Waals surface area contributed by atoms with Gasteiger partial charge < -0.3 is 15.9 Å². The molecule has 1 fully saturated rings. The minimum atomic E-state index is -0.850. The van der Waals surface area contributed by atoms with Gasteiger partial charge in [0.05, 0.1) is 0 Å². The maximum Gasteiger partial charge on any atom is 0.194 e. The van der Waals surface area contributed by atoms with Gasteiger partial charge >= 0.3 is 0 Å². The number of rotatable bonds is 1. The molecule has 0 heterocycles. The fraction of sp³-hybridized carbons (Fsp3) is 0.500. The molecule has 0 spiro atoms. The topological polar surface area (TPSA) is 66.5 Å². The third-order valence-electron chi connectivity index (χ3n) is 3.42. The Morgan fingerprint density at radius 2 is 1.76 bits per heavy atom. The Bertz CT molecular complexity index is 445. The molecule has 0 atom stereocenters. The number of phenols is 2. The predicted octanol–water partition coefficient (Wildman–Crippen LogP) is 3.12. The van der Waals surface area contributed by atoms with Gasteiger partial charge in [-0.2, -0.15) is 0 Å². The molecule has 0 radical (unpaired) electrons. The van der Waals surface area contributed by atoms with E-state index >= 15 is 0 Å². The average Bonchev–Trinajstić information content (AvgIpc) is 2.26. The quantitative estimate of drug-likeness (QED) is 0.698. The molecule has 0 aliphatic heterocycles. The van der Waals surface area contributed by atoms with Crippen LogP contribution in [0.1, 0.15) is 37.7 Å². The molecular weight excluding hydrogens is 289 g/mol. The highest BCUT2D eigenvalue weighted by molar-refractivity contribution is 9.10. The summed E-state index contributed by atoms with van der Waals surface area (Å²) in [6.45, 7) is 0. The third-order valence-corrected chi connectivity index (χ3v) is 4.05. The Hall–Kier alpha value is -0.810. The van der Waals surface area contributed by atoms with Gasteiger partial charge in [-0.05, 0) is 18.9 Å². The summed E-state index contributed by atoms with van der Waals surface area (Å²) in [6.07, 6.45) is 4.51. The molecule has 0 unspecified atom stereocenters. The van der Waals surface area contributed by atoms with Crippen LogP contribution >= 0.6 is 15.9 Å². The zero-order chi connectivity index (χ0) is 12.6. The van der Waals surface area contributed by atoms with E-state index in [9.17, 15) is 14.6 Å². The van der Waals surface area contributed by atoms with Gasteiger partial charge in [-0.15, -0.1) is 0 Å². The first-order valence-electron chi connectivity index (χ1n) is 5.65. The third kappa shape index (κ3) is 2.13. The van der Waals surface area contributed by atoms with E-state index in [0.717, 1.165) is 38.2 Å². The molecule has 3 nitrogen and oxygen atoms in total. The largest absolute Gasteiger partial charge is 0.504 e. The monoisotopic (exact) mass is 303 g/mol. The standard InChI is InChI=1S/C12H15BrFNO2/c13-7-6-8(14)10(16)11(17)9(7)12(15)4-2-1-3-5-12/h6,16-17H,1-5,15H2. The lowest BCUT2D eigenvalue weighted by atomic mass is 9.77. The molecule has 94 valence electrons. The first kappa shape index (κ1) is 12.6. The van der Waals surface area contributed by atoms with Gasteiger partial charge in [0.25, 0.3) is 0 Å². The Labute approximate surface area is 108 Å². The molecular formula is C12H15BrFNO2. The molecule has 1 aromatic carbocycles. The summed E-state index contributed by atoms with van der Waals surface area (Å²) in [5.74, 6) is -2.02. The highest BCUT2D eigenvalue weighted by Gasteiger charge is 2.35. The van der Waals surface area contributed by atoms with Crippen LogP contribution in [0.25, 0.3) is 0 Å². The fourth-order valence-electron chi connectivity index (χ4n) is 2.50. The van der Waals surface area contributed by atoms with E-state index in [1.165, 1.54) is 0 Å². The van der Waals surface area contributed by atoms with Crippen molar-refractivity contribution in [1.29, 1.82) is 0 Å². The van der Waals surface area contributed by atoms with Crippen LogP contribution in [0.15, 0.2) is 10.5 Å². The van der Waals surface area contributed by atoms with Crippen LogP contribution in [0.5, 0.6) is 11.5 Å². The zero-order valence-electron chi connectivity index (χ0n) is 9.34. The summed E-state index contributed by atoms with van der Waals surface area (Å²) in [4.78, 5) is 0. The van der Waals surface area contributed by atoms with Crippen LogP contribution in [0.4, 0.5) is 4.39 Å². The highest BCUT2D eigenvalue weighted by atomic mass is 79.9. The van der Waals surface area contributed by atoms with Gasteiger partial charge in [-0.3, -0.25) is 0 Å². The minimum absolute atomic E-state index is 0.412. The summed E-state index contributed by atoms with van der Waals surface area (Å²) in [6, 6.07) is 1.15. The van der Waals surface area contributed by atoms with E-state index in [-0.39, 0.29) is 0 Å². The van der Waals surface area contributed by atoms with E-state index in [1.807, 2.05) is 0 Å². The first-order valence-corrected chi connectivity index (χ1v) is 6.44. The van der Waals surface area contributed by atoms with Crippen molar-refractivity contribution in [3.8, 4) is 11.5 Å². The molecule has 0 amide bonds. The Balaban J connectivity index is 2.54. The summed E-state index contributed by atoms with van der Waals surface area (Å²) in [5, 5.41) is 19.3. The average molecular weight is 304 g/mol. The second-order valence-corrected chi connectivity index (χ2v) is 5.48. The molecule has 0 aromatic heterocycles. The van der Waals surface area contributed by atoms with Gasteiger partial charge in [0.15, 0.2) is 17.3 Å². The summed E-state index contributed by atoms with van der Waals surface area (Å²) >= 11 is 3.21. The van der Waals surface area contributed by atoms with Crippen LogP contribution < -0.4 is 5.73 Å². The van der Waals surface area contributed by atoms with Crippen LogP contribution in [0, 0.1) is 5.82 Å². The Morgan fingerprint density at radius 3 is 2.35 bits per heavy atom. The number of aromatic hydroxyl groups is 2. The fourth-order valence-corrected chi connectivity index (χ4v) is 3.29. The van der Waals surface area contributed by atoms with E-state index in [4.69, 9.17) is 5.73 Å². The Morgan fingerprint density at radius 1 is 1.18 bits per heavy atom. The SMILES string of the molecule is NC1(c2c(Br)cc(F)c(O)c2O)CCCCC1. The van der Waals surface area contributed by atoms with Gasteiger partial charge in [0.1, 0.15) is 0 Å².